The van der Waals surface area contributed by atoms with E-state index in [1.807, 2.05) is 48.2 Å². The summed E-state index contributed by atoms with van der Waals surface area (Å²) in [6.45, 7) is 3.34. The first kappa shape index (κ1) is 15.4. The van der Waals surface area contributed by atoms with Crippen LogP contribution in [0.2, 0.25) is 0 Å². The molecule has 5 heteroatoms. The minimum atomic E-state index is 0.116. The number of nitrogens with zero attached hydrogens (tertiary/aromatic N) is 2. The predicted octanol–water partition coefficient (Wildman–Crippen LogP) is 2.80. The Labute approximate surface area is 129 Å². The Morgan fingerprint density at radius 2 is 2.00 bits per heavy atom. The fraction of sp³-hybridized carbons (Fsp3) is 0.250. The van der Waals surface area contributed by atoms with E-state index < -0.39 is 0 Å². The van der Waals surface area contributed by atoms with Gasteiger partial charge in [0.2, 0.25) is 5.91 Å². The van der Waals surface area contributed by atoms with Gasteiger partial charge in [0.1, 0.15) is 0 Å². The van der Waals surface area contributed by atoms with E-state index in [-0.39, 0.29) is 5.91 Å². The molecular weight excluding hydrogens is 282 g/mol. The summed E-state index contributed by atoms with van der Waals surface area (Å²) in [7, 11) is 0. The largest absolute Gasteiger partial charge is 0.397 e. The summed E-state index contributed by atoms with van der Waals surface area (Å²) < 4.78 is 0. The highest BCUT2D eigenvalue weighted by Crippen LogP contribution is 2.17. The lowest BCUT2D eigenvalue weighted by Gasteiger charge is -2.20. The molecule has 110 valence electrons. The van der Waals surface area contributed by atoms with E-state index in [4.69, 9.17) is 5.73 Å². The lowest BCUT2D eigenvalue weighted by molar-refractivity contribution is -0.128. The van der Waals surface area contributed by atoms with Crippen LogP contribution in [-0.2, 0) is 11.3 Å². The molecule has 0 saturated carbocycles. The standard InChI is InChI=1S/C16H19N3OS/c1-2-19(11-13-6-4-3-5-7-13)16(20)12-21-15-9-8-14(17)10-18-15/h3-10H,2,11-12,17H2,1H3. The van der Waals surface area contributed by atoms with E-state index in [1.165, 1.54) is 11.8 Å². The number of carbonyl (C=O) groups is 1. The molecule has 1 heterocycles. The van der Waals surface area contributed by atoms with E-state index >= 15 is 0 Å². The minimum Gasteiger partial charge on any atom is -0.397 e. The molecule has 2 N–H and O–H groups in total. The third kappa shape index (κ3) is 4.79. The number of amides is 1. The fourth-order valence-corrected chi connectivity index (χ4v) is 2.63. The van der Waals surface area contributed by atoms with Gasteiger partial charge in [-0.25, -0.2) is 4.98 Å². The Morgan fingerprint density at radius 3 is 2.62 bits per heavy atom. The first-order valence-corrected chi connectivity index (χ1v) is 7.83. The monoisotopic (exact) mass is 301 g/mol. The minimum absolute atomic E-state index is 0.116. The molecule has 0 unspecified atom stereocenters. The van der Waals surface area contributed by atoms with Gasteiger partial charge in [-0.2, -0.15) is 0 Å². The Balaban J connectivity index is 1.89. The van der Waals surface area contributed by atoms with Crippen LogP contribution < -0.4 is 5.73 Å². The maximum Gasteiger partial charge on any atom is 0.233 e. The number of benzene rings is 1. The first-order chi connectivity index (χ1) is 10.2. The molecule has 0 radical (unpaired) electrons. The van der Waals surface area contributed by atoms with E-state index in [2.05, 4.69) is 4.98 Å². The van der Waals surface area contributed by atoms with Crippen molar-refractivity contribution in [2.45, 2.75) is 18.5 Å². The van der Waals surface area contributed by atoms with Crippen molar-refractivity contribution < 1.29 is 4.79 Å². The molecule has 2 rings (SSSR count). The maximum absolute atomic E-state index is 12.3. The van der Waals surface area contributed by atoms with Gasteiger partial charge in [0, 0.05) is 13.1 Å². The highest BCUT2D eigenvalue weighted by atomic mass is 32.2. The van der Waals surface area contributed by atoms with Gasteiger partial charge in [-0.3, -0.25) is 4.79 Å². The second kappa shape index (κ2) is 7.69. The summed E-state index contributed by atoms with van der Waals surface area (Å²) in [5.74, 6) is 0.502. The molecule has 1 amide bonds. The van der Waals surface area contributed by atoms with Gasteiger partial charge in [0.15, 0.2) is 0 Å². The second-order valence-corrected chi connectivity index (χ2v) is 5.61. The van der Waals surface area contributed by atoms with Crippen LogP contribution in [0.4, 0.5) is 5.69 Å². The van der Waals surface area contributed by atoms with Crippen molar-refractivity contribution in [3.8, 4) is 0 Å². The molecule has 0 saturated heterocycles. The zero-order valence-corrected chi connectivity index (χ0v) is 12.8. The number of anilines is 1. The van der Waals surface area contributed by atoms with Gasteiger partial charge >= 0.3 is 0 Å². The number of carbonyl (C=O) groups excluding carboxylic acids is 1. The molecule has 4 nitrogen and oxygen atoms in total. The molecular formula is C16H19N3OS. The van der Waals surface area contributed by atoms with Crippen LogP contribution in [0.15, 0.2) is 53.7 Å². The predicted molar refractivity (Wildman–Crippen MR) is 86.9 cm³/mol. The van der Waals surface area contributed by atoms with Crippen molar-refractivity contribution in [3.05, 3.63) is 54.2 Å². The van der Waals surface area contributed by atoms with Crippen molar-refractivity contribution in [3.63, 3.8) is 0 Å². The average Bonchev–Trinajstić information content (AvgIpc) is 2.52. The molecule has 0 atom stereocenters. The topological polar surface area (TPSA) is 59.2 Å². The number of hydrogen-bond acceptors (Lipinski definition) is 4. The molecule has 1 aromatic heterocycles. The molecule has 2 aromatic rings. The summed E-state index contributed by atoms with van der Waals surface area (Å²) >= 11 is 1.43. The van der Waals surface area contributed by atoms with E-state index in [9.17, 15) is 4.79 Å². The zero-order chi connectivity index (χ0) is 15.1. The molecule has 0 bridgehead atoms. The zero-order valence-electron chi connectivity index (χ0n) is 12.0. The number of rotatable bonds is 6. The van der Waals surface area contributed by atoms with Crippen molar-refractivity contribution in [1.82, 2.24) is 9.88 Å². The van der Waals surface area contributed by atoms with Crippen molar-refractivity contribution >= 4 is 23.4 Å². The summed E-state index contributed by atoms with van der Waals surface area (Å²) in [6.07, 6.45) is 1.61. The highest BCUT2D eigenvalue weighted by Gasteiger charge is 2.12. The van der Waals surface area contributed by atoms with Crippen molar-refractivity contribution in [2.75, 3.05) is 18.0 Å². The van der Waals surface area contributed by atoms with Crippen molar-refractivity contribution in [2.24, 2.45) is 0 Å². The van der Waals surface area contributed by atoms with Gasteiger partial charge in [-0.1, -0.05) is 42.1 Å². The summed E-state index contributed by atoms with van der Waals surface area (Å²) in [5.41, 5.74) is 7.36. The quantitative estimate of drug-likeness (QED) is 0.834. The SMILES string of the molecule is CCN(Cc1ccccc1)C(=O)CSc1ccc(N)cn1. The van der Waals surface area contributed by atoms with Crippen LogP contribution in [0, 0.1) is 0 Å². The lowest BCUT2D eigenvalue weighted by atomic mass is 10.2. The number of hydrogen-bond donors (Lipinski definition) is 1. The summed E-state index contributed by atoms with van der Waals surface area (Å²) in [5, 5.41) is 0.813. The average molecular weight is 301 g/mol. The smallest absolute Gasteiger partial charge is 0.233 e. The molecule has 21 heavy (non-hydrogen) atoms. The molecule has 0 aliphatic rings. The van der Waals surface area contributed by atoms with E-state index in [0.717, 1.165) is 10.6 Å². The van der Waals surface area contributed by atoms with Gasteiger partial charge in [0.05, 0.1) is 22.7 Å². The van der Waals surface area contributed by atoms with Crippen LogP contribution in [-0.4, -0.2) is 28.1 Å². The number of nitrogen functional groups attached to an aromatic ring is 1. The number of nitrogens with two attached hydrogens (primary N) is 1. The fourth-order valence-electron chi connectivity index (χ4n) is 1.88. The summed E-state index contributed by atoms with van der Waals surface area (Å²) in [4.78, 5) is 18.3. The van der Waals surface area contributed by atoms with Gasteiger partial charge in [-0.15, -0.1) is 0 Å². The first-order valence-electron chi connectivity index (χ1n) is 6.85. The van der Waals surface area contributed by atoms with Crippen LogP contribution in [0.3, 0.4) is 0 Å². The Bertz CT molecular complexity index is 572. The molecule has 0 spiro atoms. The number of pyridine rings is 1. The summed E-state index contributed by atoms with van der Waals surface area (Å²) in [6, 6.07) is 13.6. The number of aromatic nitrogens is 1. The van der Waals surface area contributed by atoms with Gasteiger partial charge < -0.3 is 10.6 Å². The molecule has 0 fully saturated rings. The Morgan fingerprint density at radius 1 is 1.24 bits per heavy atom. The molecule has 1 aromatic carbocycles. The van der Waals surface area contributed by atoms with Crippen LogP contribution in [0.25, 0.3) is 0 Å². The van der Waals surface area contributed by atoms with Crippen LogP contribution in [0.5, 0.6) is 0 Å². The van der Waals surface area contributed by atoms with Crippen LogP contribution >= 0.6 is 11.8 Å². The molecule has 0 aliphatic heterocycles. The number of thioether (sulfide) groups is 1. The second-order valence-electron chi connectivity index (χ2n) is 4.61. The van der Waals surface area contributed by atoms with E-state index in [1.54, 1.807) is 12.3 Å². The maximum atomic E-state index is 12.3. The Hall–Kier alpha value is -2.01. The Kier molecular flexibility index (Phi) is 5.63. The normalized spacial score (nSPS) is 10.3. The highest BCUT2D eigenvalue weighted by molar-refractivity contribution is 7.99. The van der Waals surface area contributed by atoms with Gasteiger partial charge in [-0.05, 0) is 24.6 Å². The third-order valence-electron chi connectivity index (χ3n) is 3.05. The molecule has 0 aliphatic carbocycles. The lowest BCUT2D eigenvalue weighted by Crippen LogP contribution is -2.31. The van der Waals surface area contributed by atoms with Gasteiger partial charge in [0.25, 0.3) is 0 Å². The third-order valence-corrected chi connectivity index (χ3v) is 3.98. The van der Waals surface area contributed by atoms with Crippen LogP contribution in [0.1, 0.15) is 12.5 Å². The van der Waals surface area contributed by atoms with E-state index in [0.29, 0.717) is 24.5 Å². The van der Waals surface area contributed by atoms with Crippen molar-refractivity contribution in [1.29, 1.82) is 0 Å².